The van der Waals surface area contributed by atoms with E-state index in [1.807, 2.05) is 12.1 Å². The van der Waals surface area contributed by atoms with Crippen LogP contribution in [-0.4, -0.2) is 46.8 Å². The predicted molar refractivity (Wildman–Crippen MR) is 103 cm³/mol. The molecular formula is C21H17NO5S. The summed E-state index contributed by atoms with van der Waals surface area (Å²) in [6.07, 6.45) is 2.81. The van der Waals surface area contributed by atoms with Crippen molar-refractivity contribution in [3.05, 3.63) is 64.5 Å². The highest BCUT2D eigenvalue weighted by atomic mass is 32.2. The number of ketones is 2. The van der Waals surface area contributed by atoms with Gasteiger partial charge in [-0.15, -0.1) is 11.8 Å². The molecular weight excluding hydrogens is 378 g/mol. The van der Waals surface area contributed by atoms with Crippen LogP contribution >= 0.6 is 11.8 Å². The van der Waals surface area contributed by atoms with E-state index in [-0.39, 0.29) is 5.91 Å². The van der Waals surface area contributed by atoms with Crippen molar-refractivity contribution in [2.24, 2.45) is 0 Å². The Kier molecular flexibility index (Phi) is 3.94. The quantitative estimate of drug-likeness (QED) is 0.691. The minimum absolute atomic E-state index is 0.119. The Labute approximate surface area is 165 Å². The van der Waals surface area contributed by atoms with E-state index in [1.165, 1.54) is 18.0 Å². The number of ether oxygens (including phenoxy) is 1. The molecule has 0 saturated carbocycles. The third-order valence-corrected chi connectivity index (χ3v) is 6.86. The number of nitrogens with zero attached hydrogens (tertiary/aromatic N) is 1. The number of Topliss-reactive ketones (excluding diaryl/α,β-unsaturated/α-hetero) is 2. The van der Waals surface area contributed by atoms with Gasteiger partial charge in [-0.3, -0.25) is 14.4 Å². The van der Waals surface area contributed by atoms with Gasteiger partial charge in [-0.1, -0.05) is 24.3 Å². The van der Waals surface area contributed by atoms with Gasteiger partial charge in [0.1, 0.15) is 16.3 Å². The van der Waals surface area contributed by atoms with Gasteiger partial charge in [0.15, 0.2) is 5.76 Å². The van der Waals surface area contributed by atoms with Gasteiger partial charge in [0.2, 0.25) is 11.6 Å². The van der Waals surface area contributed by atoms with E-state index in [0.29, 0.717) is 59.2 Å². The summed E-state index contributed by atoms with van der Waals surface area (Å²) >= 11 is 1.40. The molecule has 3 heterocycles. The molecule has 1 aliphatic carbocycles. The lowest BCUT2D eigenvalue weighted by atomic mass is 9.90. The zero-order chi connectivity index (χ0) is 19.3. The van der Waals surface area contributed by atoms with Gasteiger partial charge in [-0.25, -0.2) is 0 Å². The van der Waals surface area contributed by atoms with E-state index in [4.69, 9.17) is 9.15 Å². The first-order valence-electron chi connectivity index (χ1n) is 9.15. The van der Waals surface area contributed by atoms with E-state index >= 15 is 0 Å². The molecule has 6 nitrogen and oxygen atoms in total. The van der Waals surface area contributed by atoms with Crippen LogP contribution in [0.4, 0.5) is 0 Å². The summed E-state index contributed by atoms with van der Waals surface area (Å²) < 4.78 is 11.6. The van der Waals surface area contributed by atoms with E-state index < -0.39 is 17.2 Å². The van der Waals surface area contributed by atoms with Crippen LogP contribution in [0.3, 0.4) is 0 Å². The fourth-order valence-corrected chi connectivity index (χ4v) is 5.19. The number of carbonyl (C=O) groups is 3. The maximum absolute atomic E-state index is 12.5. The Morgan fingerprint density at radius 3 is 2.46 bits per heavy atom. The molecule has 0 atom stereocenters. The zero-order valence-electron chi connectivity index (χ0n) is 15.0. The average Bonchev–Trinajstić information content (AvgIpc) is 3.27. The SMILES string of the molecule is O=C1C(=O)c2ccccc2C2=C1SCC1(CCN(C(=O)c3ccco3)CC1)O2. The van der Waals surface area contributed by atoms with Gasteiger partial charge in [-0.05, 0) is 12.1 Å². The number of amides is 1. The number of hydrogen-bond donors (Lipinski definition) is 0. The van der Waals surface area contributed by atoms with Crippen molar-refractivity contribution in [3.63, 3.8) is 0 Å². The van der Waals surface area contributed by atoms with Crippen LogP contribution in [0.2, 0.25) is 0 Å². The summed E-state index contributed by atoms with van der Waals surface area (Å²) in [4.78, 5) is 39.5. The van der Waals surface area contributed by atoms with E-state index in [9.17, 15) is 14.4 Å². The van der Waals surface area contributed by atoms with Gasteiger partial charge in [-0.2, -0.15) is 0 Å². The van der Waals surface area contributed by atoms with Crippen molar-refractivity contribution in [2.45, 2.75) is 18.4 Å². The third-order valence-electron chi connectivity index (χ3n) is 5.53. The smallest absolute Gasteiger partial charge is 0.289 e. The molecule has 0 unspecified atom stereocenters. The number of thioether (sulfide) groups is 1. The topological polar surface area (TPSA) is 76.8 Å². The standard InChI is InChI=1S/C21H17NO5S/c23-16-13-4-1-2-5-14(13)18-19(17(16)24)28-12-21(27-18)7-9-22(10-8-21)20(25)15-6-3-11-26-15/h1-6,11H,7-10,12H2. The van der Waals surface area contributed by atoms with Crippen molar-refractivity contribution >= 4 is 35.0 Å². The number of piperidine rings is 1. The number of fused-ring (bicyclic) bond motifs is 2. The zero-order valence-corrected chi connectivity index (χ0v) is 15.8. The van der Waals surface area contributed by atoms with Gasteiger partial charge in [0, 0.05) is 42.8 Å². The highest BCUT2D eigenvalue weighted by Gasteiger charge is 2.46. The van der Waals surface area contributed by atoms with Crippen molar-refractivity contribution in [3.8, 4) is 0 Å². The Morgan fingerprint density at radius 1 is 1.00 bits per heavy atom. The van der Waals surface area contributed by atoms with Crippen molar-refractivity contribution in [1.82, 2.24) is 4.90 Å². The molecule has 0 bridgehead atoms. The second-order valence-corrected chi connectivity index (χ2v) is 8.19. The van der Waals surface area contributed by atoms with Gasteiger partial charge in [0.25, 0.3) is 5.91 Å². The van der Waals surface area contributed by atoms with E-state index in [1.54, 1.807) is 29.2 Å². The summed E-state index contributed by atoms with van der Waals surface area (Å²) in [7, 11) is 0. The van der Waals surface area contributed by atoms with Gasteiger partial charge < -0.3 is 14.1 Å². The van der Waals surface area contributed by atoms with E-state index in [0.717, 1.165) is 0 Å². The number of hydrogen-bond acceptors (Lipinski definition) is 6. The third kappa shape index (κ3) is 2.61. The van der Waals surface area contributed by atoms with Gasteiger partial charge in [0.05, 0.1) is 6.26 Å². The monoisotopic (exact) mass is 395 g/mol. The van der Waals surface area contributed by atoms with Gasteiger partial charge >= 0.3 is 0 Å². The molecule has 2 aromatic rings. The lowest BCUT2D eigenvalue weighted by Crippen LogP contribution is -2.50. The summed E-state index contributed by atoms with van der Waals surface area (Å²) in [5.41, 5.74) is 0.633. The number of furan rings is 1. The molecule has 0 radical (unpaired) electrons. The lowest BCUT2D eigenvalue weighted by molar-refractivity contribution is -0.111. The van der Waals surface area contributed by atoms with Crippen LogP contribution in [0.1, 0.15) is 39.3 Å². The molecule has 1 spiro atoms. The highest BCUT2D eigenvalue weighted by molar-refractivity contribution is 8.04. The molecule has 28 heavy (non-hydrogen) atoms. The molecule has 3 aliphatic rings. The van der Waals surface area contributed by atoms with Crippen LogP contribution in [0.25, 0.3) is 5.76 Å². The number of carbonyl (C=O) groups excluding carboxylic acids is 3. The van der Waals surface area contributed by atoms with Crippen molar-refractivity contribution in [1.29, 1.82) is 0 Å². The molecule has 5 rings (SSSR count). The fraction of sp³-hybridized carbons (Fsp3) is 0.286. The molecule has 0 N–H and O–H groups in total. The highest BCUT2D eigenvalue weighted by Crippen LogP contribution is 2.47. The number of likely N-dealkylation sites (tertiary alicyclic amines) is 1. The summed E-state index contributed by atoms with van der Waals surface area (Å²) in [5, 5.41) is 0. The summed E-state index contributed by atoms with van der Waals surface area (Å²) in [6, 6.07) is 10.4. The molecule has 1 aromatic carbocycles. The molecule has 1 aromatic heterocycles. The lowest BCUT2D eigenvalue weighted by Gasteiger charge is -2.45. The maximum atomic E-state index is 12.5. The minimum Gasteiger partial charge on any atom is -0.484 e. The summed E-state index contributed by atoms with van der Waals surface area (Å²) in [6.45, 7) is 1.11. The second kappa shape index (κ2) is 6.38. The Morgan fingerprint density at radius 2 is 1.75 bits per heavy atom. The van der Waals surface area contributed by atoms with Crippen molar-refractivity contribution < 1.29 is 23.5 Å². The van der Waals surface area contributed by atoms with Crippen molar-refractivity contribution in [2.75, 3.05) is 18.8 Å². The number of allylic oxidation sites excluding steroid dienone is 1. The van der Waals surface area contributed by atoms with Crippen LogP contribution in [0.15, 0.2) is 52.0 Å². The second-order valence-electron chi connectivity index (χ2n) is 7.21. The average molecular weight is 395 g/mol. The molecule has 1 saturated heterocycles. The fourth-order valence-electron chi connectivity index (χ4n) is 3.93. The molecule has 1 fully saturated rings. The van der Waals surface area contributed by atoms with Crippen LogP contribution in [0.5, 0.6) is 0 Å². The Bertz CT molecular complexity index is 1020. The molecule has 2 aliphatic heterocycles. The number of benzene rings is 1. The maximum Gasteiger partial charge on any atom is 0.289 e. The molecule has 7 heteroatoms. The molecule has 1 amide bonds. The van der Waals surface area contributed by atoms with Crippen LogP contribution in [0, 0.1) is 0 Å². The first-order chi connectivity index (χ1) is 13.6. The van der Waals surface area contributed by atoms with Crippen LogP contribution < -0.4 is 0 Å². The largest absolute Gasteiger partial charge is 0.484 e. The Balaban J connectivity index is 1.39. The Hall–Kier alpha value is -2.80. The molecule has 142 valence electrons. The van der Waals surface area contributed by atoms with Crippen LogP contribution in [-0.2, 0) is 9.53 Å². The number of rotatable bonds is 1. The summed E-state index contributed by atoms with van der Waals surface area (Å²) in [5.74, 6) is 0.370. The first kappa shape index (κ1) is 17.3. The first-order valence-corrected chi connectivity index (χ1v) is 10.1. The normalized spacial score (nSPS) is 20.6. The van der Waals surface area contributed by atoms with E-state index in [2.05, 4.69) is 0 Å². The predicted octanol–water partition coefficient (Wildman–Crippen LogP) is 3.15. The minimum atomic E-state index is -0.487.